The fourth-order valence-corrected chi connectivity index (χ4v) is 3.99. The van der Waals surface area contributed by atoms with E-state index in [1.807, 2.05) is 60.1 Å². The molecule has 4 rings (SSSR count). The molecule has 0 aliphatic heterocycles. The van der Waals surface area contributed by atoms with Gasteiger partial charge in [-0.1, -0.05) is 53.7 Å². The van der Waals surface area contributed by atoms with E-state index in [-0.39, 0.29) is 0 Å². The molecule has 0 atom stereocenters. The van der Waals surface area contributed by atoms with Crippen molar-refractivity contribution in [1.29, 1.82) is 0 Å². The van der Waals surface area contributed by atoms with Crippen molar-refractivity contribution >= 4 is 34.3 Å². The Bertz CT molecular complexity index is 1100. The summed E-state index contributed by atoms with van der Waals surface area (Å²) in [7, 11) is 3.61. The third-order valence-electron chi connectivity index (χ3n) is 4.27. The SMILES string of the molecule is COc1ccc2cc(CSc3nnc(-c4ccccc4)n3C)c(Cl)nc2c1. The molecule has 0 bridgehead atoms. The van der Waals surface area contributed by atoms with Gasteiger partial charge in [0.2, 0.25) is 0 Å². The number of halogens is 1. The van der Waals surface area contributed by atoms with E-state index in [0.29, 0.717) is 10.9 Å². The molecule has 2 aromatic carbocycles. The van der Waals surface area contributed by atoms with Crippen LogP contribution in [0.3, 0.4) is 0 Å². The van der Waals surface area contributed by atoms with E-state index in [4.69, 9.17) is 16.3 Å². The zero-order valence-electron chi connectivity index (χ0n) is 14.9. The van der Waals surface area contributed by atoms with Crippen LogP contribution in [0.25, 0.3) is 22.3 Å². The van der Waals surface area contributed by atoms with Gasteiger partial charge in [-0.15, -0.1) is 10.2 Å². The third-order valence-corrected chi connectivity index (χ3v) is 5.67. The second kappa shape index (κ2) is 7.58. The molecule has 0 saturated heterocycles. The van der Waals surface area contributed by atoms with Crippen molar-refractivity contribution in [3.8, 4) is 17.1 Å². The summed E-state index contributed by atoms with van der Waals surface area (Å²) < 4.78 is 7.24. The predicted molar refractivity (Wildman–Crippen MR) is 109 cm³/mol. The predicted octanol–water partition coefficient (Wildman–Crippen LogP) is 4.98. The smallest absolute Gasteiger partial charge is 0.191 e. The van der Waals surface area contributed by atoms with Crippen molar-refractivity contribution in [3.63, 3.8) is 0 Å². The van der Waals surface area contributed by atoms with Crippen molar-refractivity contribution in [2.24, 2.45) is 7.05 Å². The second-order valence-corrected chi connectivity index (χ2v) is 7.32. The molecule has 0 amide bonds. The molecule has 7 heteroatoms. The van der Waals surface area contributed by atoms with Gasteiger partial charge in [0.15, 0.2) is 11.0 Å². The van der Waals surface area contributed by atoms with E-state index in [2.05, 4.69) is 21.2 Å². The van der Waals surface area contributed by atoms with Gasteiger partial charge in [-0.25, -0.2) is 4.98 Å². The normalized spacial score (nSPS) is 11.1. The molecule has 0 aliphatic rings. The summed E-state index contributed by atoms with van der Waals surface area (Å²) in [5, 5.41) is 11.0. The average Bonchev–Trinajstić information content (AvgIpc) is 3.07. The van der Waals surface area contributed by atoms with Crippen LogP contribution >= 0.6 is 23.4 Å². The van der Waals surface area contributed by atoms with Crippen molar-refractivity contribution in [3.05, 3.63) is 65.3 Å². The summed E-state index contributed by atoms with van der Waals surface area (Å²) in [6, 6.07) is 17.9. The van der Waals surface area contributed by atoms with E-state index in [1.165, 1.54) is 0 Å². The maximum absolute atomic E-state index is 6.40. The number of fused-ring (bicyclic) bond motifs is 1. The largest absolute Gasteiger partial charge is 0.497 e. The molecule has 136 valence electrons. The number of aromatic nitrogens is 4. The molecule has 5 nitrogen and oxygen atoms in total. The summed E-state index contributed by atoms with van der Waals surface area (Å²) in [5.41, 5.74) is 2.82. The Morgan fingerprint density at radius 2 is 1.89 bits per heavy atom. The Kier molecular flexibility index (Phi) is 5.01. The molecule has 0 fully saturated rings. The van der Waals surface area contributed by atoms with Gasteiger partial charge in [0.25, 0.3) is 0 Å². The summed E-state index contributed by atoms with van der Waals surface area (Å²) in [6.07, 6.45) is 0. The standard InChI is InChI=1S/C20H17ClN4OS/c1-25-19(13-6-4-3-5-7-13)23-24-20(25)27-12-15-10-14-8-9-16(26-2)11-17(14)22-18(15)21/h3-11H,12H2,1-2H3. The van der Waals surface area contributed by atoms with Crippen LogP contribution in [0.2, 0.25) is 5.15 Å². The minimum atomic E-state index is 0.494. The van der Waals surface area contributed by atoms with Gasteiger partial charge in [0.1, 0.15) is 10.9 Å². The third kappa shape index (κ3) is 3.63. The highest BCUT2D eigenvalue weighted by Gasteiger charge is 2.13. The van der Waals surface area contributed by atoms with E-state index < -0.39 is 0 Å². The Hall–Kier alpha value is -2.57. The van der Waals surface area contributed by atoms with E-state index >= 15 is 0 Å². The molecule has 4 aromatic rings. The zero-order chi connectivity index (χ0) is 18.8. The highest BCUT2D eigenvalue weighted by Crippen LogP contribution is 2.30. The van der Waals surface area contributed by atoms with Crippen LogP contribution in [0.1, 0.15) is 5.56 Å². The monoisotopic (exact) mass is 396 g/mol. The first-order valence-corrected chi connectivity index (χ1v) is 9.73. The fourth-order valence-electron chi connectivity index (χ4n) is 2.82. The number of thioether (sulfide) groups is 1. The molecule has 0 radical (unpaired) electrons. The first-order chi connectivity index (χ1) is 13.2. The Morgan fingerprint density at radius 1 is 1.07 bits per heavy atom. The molecule has 0 spiro atoms. The summed E-state index contributed by atoms with van der Waals surface area (Å²) in [5.74, 6) is 2.27. The highest BCUT2D eigenvalue weighted by atomic mass is 35.5. The van der Waals surface area contributed by atoms with Crippen LogP contribution < -0.4 is 4.74 Å². The number of nitrogens with zero attached hydrogens (tertiary/aromatic N) is 4. The van der Waals surface area contributed by atoms with Gasteiger partial charge >= 0.3 is 0 Å². The van der Waals surface area contributed by atoms with Gasteiger partial charge in [0.05, 0.1) is 12.6 Å². The van der Waals surface area contributed by atoms with E-state index in [1.54, 1.807) is 18.9 Å². The Labute approximate surface area is 166 Å². The van der Waals surface area contributed by atoms with Crippen LogP contribution in [-0.4, -0.2) is 26.9 Å². The van der Waals surface area contributed by atoms with Gasteiger partial charge in [-0.3, -0.25) is 0 Å². The first kappa shape index (κ1) is 17.8. The zero-order valence-corrected chi connectivity index (χ0v) is 16.5. The van der Waals surface area contributed by atoms with Crippen LogP contribution in [0, 0.1) is 0 Å². The van der Waals surface area contributed by atoms with Gasteiger partial charge in [0, 0.05) is 35.4 Å². The lowest BCUT2D eigenvalue weighted by Gasteiger charge is -2.08. The Morgan fingerprint density at radius 3 is 2.67 bits per heavy atom. The summed E-state index contributed by atoms with van der Waals surface area (Å²) >= 11 is 7.98. The van der Waals surface area contributed by atoms with Crippen molar-refractivity contribution in [2.45, 2.75) is 10.9 Å². The van der Waals surface area contributed by atoms with E-state index in [9.17, 15) is 0 Å². The van der Waals surface area contributed by atoms with Crippen LogP contribution in [-0.2, 0) is 12.8 Å². The number of methoxy groups -OCH3 is 1. The lowest BCUT2D eigenvalue weighted by molar-refractivity contribution is 0.415. The number of hydrogen-bond acceptors (Lipinski definition) is 5. The van der Waals surface area contributed by atoms with Crippen LogP contribution in [0.5, 0.6) is 5.75 Å². The topological polar surface area (TPSA) is 52.8 Å². The maximum Gasteiger partial charge on any atom is 0.191 e. The van der Waals surface area contributed by atoms with Crippen LogP contribution in [0.4, 0.5) is 0 Å². The highest BCUT2D eigenvalue weighted by molar-refractivity contribution is 7.98. The summed E-state index contributed by atoms with van der Waals surface area (Å²) in [4.78, 5) is 4.50. The van der Waals surface area contributed by atoms with Gasteiger partial charge in [-0.2, -0.15) is 0 Å². The Balaban J connectivity index is 1.57. The maximum atomic E-state index is 6.40. The van der Waals surface area contributed by atoms with Gasteiger partial charge < -0.3 is 9.30 Å². The van der Waals surface area contributed by atoms with Crippen molar-refractivity contribution in [2.75, 3.05) is 7.11 Å². The average molecular weight is 397 g/mol. The molecule has 0 N–H and O–H groups in total. The molecule has 2 aromatic heterocycles. The molecule has 27 heavy (non-hydrogen) atoms. The molecular formula is C20H17ClN4OS. The quantitative estimate of drug-likeness (QED) is 0.351. The minimum absolute atomic E-state index is 0.494. The number of rotatable bonds is 5. The molecule has 0 saturated carbocycles. The van der Waals surface area contributed by atoms with Gasteiger partial charge in [-0.05, 0) is 18.2 Å². The van der Waals surface area contributed by atoms with E-state index in [0.717, 1.165) is 38.8 Å². The summed E-state index contributed by atoms with van der Waals surface area (Å²) in [6.45, 7) is 0. The van der Waals surface area contributed by atoms with Crippen LogP contribution in [0.15, 0.2) is 59.8 Å². The fraction of sp³-hybridized carbons (Fsp3) is 0.150. The lowest BCUT2D eigenvalue weighted by Crippen LogP contribution is -1.95. The molecule has 0 aliphatic carbocycles. The minimum Gasteiger partial charge on any atom is -0.497 e. The van der Waals surface area contributed by atoms with Crippen molar-refractivity contribution < 1.29 is 4.74 Å². The first-order valence-electron chi connectivity index (χ1n) is 8.36. The molecule has 0 unspecified atom stereocenters. The number of pyridine rings is 1. The number of benzene rings is 2. The second-order valence-electron chi connectivity index (χ2n) is 6.02. The number of hydrogen-bond donors (Lipinski definition) is 0. The number of ether oxygens (including phenoxy) is 1. The molecule has 2 heterocycles. The molecular weight excluding hydrogens is 380 g/mol. The lowest BCUT2D eigenvalue weighted by atomic mass is 10.1. The van der Waals surface area contributed by atoms with Crippen molar-refractivity contribution in [1.82, 2.24) is 19.7 Å².